The van der Waals surface area contributed by atoms with Crippen molar-refractivity contribution < 1.29 is 4.52 Å². The highest BCUT2D eigenvalue weighted by molar-refractivity contribution is 14.0. The average Bonchev–Trinajstić information content (AvgIpc) is 2.98. The van der Waals surface area contributed by atoms with Crippen molar-refractivity contribution in [3.05, 3.63) is 11.7 Å². The molecule has 2 heterocycles. The molecule has 1 aliphatic rings. The van der Waals surface area contributed by atoms with Crippen molar-refractivity contribution in [1.82, 2.24) is 20.4 Å². The summed E-state index contributed by atoms with van der Waals surface area (Å²) in [6, 6.07) is 0. The number of hydrogen-bond donors (Lipinski definition) is 1. The molecule has 1 aromatic rings. The number of nitrogens with one attached hydrogen (secondary N) is 1. The molecule has 0 aromatic carbocycles. The molecule has 1 fully saturated rings. The van der Waals surface area contributed by atoms with Crippen molar-refractivity contribution in [1.29, 1.82) is 0 Å². The van der Waals surface area contributed by atoms with E-state index in [0.29, 0.717) is 23.7 Å². The van der Waals surface area contributed by atoms with Gasteiger partial charge < -0.3 is 14.7 Å². The summed E-state index contributed by atoms with van der Waals surface area (Å²) in [4.78, 5) is 10.8. The van der Waals surface area contributed by atoms with Gasteiger partial charge in [-0.05, 0) is 25.2 Å². The van der Waals surface area contributed by atoms with E-state index in [1.165, 1.54) is 12.8 Å². The second-order valence-electron chi connectivity index (χ2n) is 5.47. The zero-order chi connectivity index (χ0) is 13.9. The minimum Gasteiger partial charge on any atom is -0.347 e. The first-order valence-corrected chi connectivity index (χ1v) is 6.81. The quantitative estimate of drug-likeness (QED) is 0.485. The van der Waals surface area contributed by atoms with Crippen molar-refractivity contribution in [3.8, 4) is 0 Å². The fourth-order valence-corrected chi connectivity index (χ4v) is 2.39. The van der Waals surface area contributed by atoms with Gasteiger partial charge in [-0.15, -0.1) is 24.0 Å². The standard InChI is InChI=1S/C13H23N5O.HI/c1-5-13(3)6-7-18(9-13)12(14-4)15-8-11-16-10(2)17-19-11;/h5-9H2,1-4H3,(H,14,15);1H. The highest BCUT2D eigenvalue weighted by atomic mass is 127. The summed E-state index contributed by atoms with van der Waals surface area (Å²) in [5.41, 5.74) is 0.401. The minimum absolute atomic E-state index is 0. The Labute approximate surface area is 137 Å². The molecule has 2 rings (SSSR count). The second kappa shape index (κ2) is 7.24. The zero-order valence-electron chi connectivity index (χ0n) is 12.6. The molecule has 0 radical (unpaired) electrons. The van der Waals surface area contributed by atoms with Crippen LogP contribution in [0, 0.1) is 12.3 Å². The Kier molecular flexibility index (Phi) is 6.22. The minimum atomic E-state index is 0. The highest BCUT2D eigenvalue weighted by Gasteiger charge is 2.33. The molecule has 20 heavy (non-hydrogen) atoms. The number of rotatable bonds is 3. The van der Waals surface area contributed by atoms with E-state index in [-0.39, 0.29) is 24.0 Å². The maximum atomic E-state index is 5.09. The number of nitrogens with zero attached hydrogens (tertiary/aromatic N) is 4. The van der Waals surface area contributed by atoms with Crippen LogP contribution in [0.1, 0.15) is 38.4 Å². The second-order valence-corrected chi connectivity index (χ2v) is 5.47. The van der Waals surface area contributed by atoms with Crippen LogP contribution in [0.4, 0.5) is 0 Å². The molecule has 1 atom stereocenters. The number of guanidine groups is 1. The molecule has 6 nitrogen and oxygen atoms in total. The van der Waals surface area contributed by atoms with E-state index in [2.05, 4.69) is 39.2 Å². The third-order valence-electron chi connectivity index (χ3n) is 3.89. The Morgan fingerprint density at radius 2 is 2.30 bits per heavy atom. The molecule has 0 bridgehead atoms. The van der Waals surface area contributed by atoms with Gasteiger partial charge >= 0.3 is 0 Å². The third-order valence-corrected chi connectivity index (χ3v) is 3.89. The Morgan fingerprint density at radius 1 is 1.55 bits per heavy atom. The molecule has 1 aromatic heterocycles. The SMILES string of the molecule is CCC1(C)CCN(C(=NC)NCc2nc(C)no2)C1.I. The first-order chi connectivity index (χ1) is 9.06. The fraction of sp³-hybridized carbons (Fsp3) is 0.769. The van der Waals surface area contributed by atoms with Crippen LogP contribution in [-0.2, 0) is 6.54 Å². The molecule has 1 aliphatic heterocycles. The number of halogens is 1. The maximum absolute atomic E-state index is 5.09. The molecule has 114 valence electrons. The Hall–Kier alpha value is -0.860. The summed E-state index contributed by atoms with van der Waals surface area (Å²) in [7, 11) is 1.81. The van der Waals surface area contributed by atoms with E-state index < -0.39 is 0 Å². The van der Waals surface area contributed by atoms with Crippen molar-refractivity contribution >= 4 is 29.9 Å². The summed E-state index contributed by atoms with van der Waals surface area (Å²) in [5, 5.41) is 7.06. The van der Waals surface area contributed by atoms with Crippen molar-refractivity contribution in [3.63, 3.8) is 0 Å². The van der Waals surface area contributed by atoms with Crippen LogP contribution in [0.2, 0.25) is 0 Å². The summed E-state index contributed by atoms with van der Waals surface area (Å²) in [6.07, 6.45) is 2.41. The van der Waals surface area contributed by atoms with Crippen molar-refractivity contribution in [2.75, 3.05) is 20.1 Å². The number of aryl methyl sites for hydroxylation is 1. The monoisotopic (exact) mass is 393 g/mol. The summed E-state index contributed by atoms with van der Waals surface area (Å²) < 4.78 is 5.09. The first kappa shape index (κ1) is 17.2. The average molecular weight is 393 g/mol. The lowest BCUT2D eigenvalue weighted by Crippen LogP contribution is -2.40. The molecular weight excluding hydrogens is 369 g/mol. The van der Waals surface area contributed by atoms with Crippen LogP contribution in [0.15, 0.2) is 9.52 Å². The van der Waals surface area contributed by atoms with Gasteiger partial charge in [0.1, 0.15) is 0 Å². The van der Waals surface area contributed by atoms with Crippen LogP contribution in [0.25, 0.3) is 0 Å². The van der Waals surface area contributed by atoms with Crippen molar-refractivity contribution in [2.45, 2.75) is 40.2 Å². The van der Waals surface area contributed by atoms with E-state index >= 15 is 0 Å². The molecule has 1 unspecified atom stereocenters. The van der Waals surface area contributed by atoms with E-state index in [0.717, 1.165) is 19.0 Å². The lowest BCUT2D eigenvalue weighted by atomic mass is 9.87. The van der Waals surface area contributed by atoms with Crippen LogP contribution >= 0.6 is 24.0 Å². The van der Waals surface area contributed by atoms with E-state index in [1.54, 1.807) is 0 Å². The van der Waals surface area contributed by atoms with Crippen LogP contribution in [0.3, 0.4) is 0 Å². The van der Waals surface area contributed by atoms with Crippen LogP contribution < -0.4 is 5.32 Å². The summed E-state index contributed by atoms with van der Waals surface area (Å²) in [6.45, 7) is 9.02. The van der Waals surface area contributed by atoms with Crippen LogP contribution in [-0.4, -0.2) is 41.1 Å². The highest BCUT2D eigenvalue weighted by Crippen LogP contribution is 2.32. The topological polar surface area (TPSA) is 66.5 Å². The molecule has 1 saturated heterocycles. The smallest absolute Gasteiger partial charge is 0.246 e. The molecule has 0 spiro atoms. The number of hydrogen-bond acceptors (Lipinski definition) is 4. The van der Waals surface area contributed by atoms with Gasteiger partial charge in [-0.2, -0.15) is 4.98 Å². The van der Waals surface area contributed by atoms with E-state index in [1.807, 2.05) is 14.0 Å². The van der Waals surface area contributed by atoms with Gasteiger partial charge in [0.25, 0.3) is 0 Å². The van der Waals surface area contributed by atoms with E-state index in [9.17, 15) is 0 Å². The number of aromatic nitrogens is 2. The molecule has 0 amide bonds. The molecular formula is C13H24IN5O. The Bertz CT molecular complexity index is 461. The lowest BCUT2D eigenvalue weighted by molar-refractivity contribution is 0.320. The van der Waals surface area contributed by atoms with Gasteiger partial charge in [0.2, 0.25) is 5.89 Å². The van der Waals surface area contributed by atoms with Gasteiger partial charge in [-0.3, -0.25) is 4.99 Å². The fourth-order valence-electron chi connectivity index (χ4n) is 2.39. The lowest BCUT2D eigenvalue weighted by Gasteiger charge is -2.25. The summed E-state index contributed by atoms with van der Waals surface area (Å²) >= 11 is 0. The normalized spacial score (nSPS) is 22.8. The zero-order valence-corrected chi connectivity index (χ0v) is 15.0. The molecule has 0 saturated carbocycles. The van der Waals surface area contributed by atoms with Gasteiger partial charge in [-0.25, -0.2) is 0 Å². The van der Waals surface area contributed by atoms with Crippen molar-refractivity contribution in [2.24, 2.45) is 10.4 Å². The molecule has 7 heteroatoms. The predicted molar refractivity (Wildman–Crippen MR) is 89.2 cm³/mol. The number of likely N-dealkylation sites (tertiary alicyclic amines) is 1. The number of aliphatic imine (C=N–C) groups is 1. The maximum Gasteiger partial charge on any atom is 0.246 e. The van der Waals surface area contributed by atoms with Gasteiger partial charge in [0.05, 0.1) is 6.54 Å². The largest absolute Gasteiger partial charge is 0.347 e. The van der Waals surface area contributed by atoms with Gasteiger partial charge in [0, 0.05) is 20.1 Å². The van der Waals surface area contributed by atoms with Crippen LogP contribution in [0.5, 0.6) is 0 Å². The Morgan fingerprint density at radius 3 is 2.80 bits per heavy atom. The molecule has 0 aliphatic carbocycles. The Balaban J connectivity index is 0.00000200. The van der Waals surface area contributed by atoms with E-state index in [4.69, 9.17) is 4.52 Å². The predicted octanol–water partition coefficient (Wildman–Crippen LogP) is 2.19. The molecule has 1 N–H and O–H groups in total. The first-order valence-electron chi connectivity index (χ1n) is 6.81. The van der Waals surface area contributed by atoms with Gasteiger partial charge in [0.15, 0.2) is 11.8 Å². The summed E-state index contributed by atoms with van der Waals surface area (Å²) in [5.74, 6) is 2.16. The van der Waals surface area contributed by atoms with Gasteiger partial charge in [-0.1, -0.05) is 19.0 Å². The third kappa shape index (κ3) is 4.07.